The van der Waals surface area contributed by atoms with Crippen LogP contribution in [0.3, 0.4) is 0 Å². The number of carboxylic acids is 1. The molecule has 0 saturated heterocycles. The fourth-order valence-electron chi connectivity index (χ4n) is 1.44. The molecular formula is C22H24O4. The molecule has 0 aliphatic heterocycles. The minimum Gasteiger partial charge on any atom is -0.478 e. The van der Waals surface area contributed by atoms with E-state index in [9.17, 15) is 9.59 Å². The van der Waals surface area contributed by atoms with E-state index in [1.54, 1.807) is 6.92 Å². The van der Waals surface area contributed by atoms with Crippen molar-refractivity contribution in [1.29, 1.82) is 0 Å². The Labute approximate surface area is 154 Å². The third-order valence-electron chi connectivity index (χ3n) is 2.77. The van der Waals surface area contributed by atoms with Crippen molar-refractivity contribution in [1.82, 2.24) is 0 Å². The van der Waals surface area contributed by atoms with Gasteiger partial charge in [0.15, 0.2) is 0 Å². The summed E-state index contributed by atoms with van der Waals surface area (Å²) in [5.74, 6) is -1.33. The molecule has 0 bridgehead atoms. The number of hydrogen-bond donors (Lipinski definition) is 1. The number of ether oxygens (including phenoxy) is 1. The van der Waals surface area contributed by atoms with Crippen molar-refractivity contribution in [3.8, 4) is 0 Å². The predicted molar refractivity (Wildman–Crippen MR) is 105 cm³/mol. The van der Waals surface area contributed by atoms with Crippen LogP contribution in [0.15, 0.2) is 92.0 Å². The van der Waals surface area contributed by atoms with Crippen LogP contribution in [0.2, 0.25) is 0 Å². The number of carbonyl (C=O) groups is 2. The highest BCUT2D eigenvalue weighted by atomic mass is 16.5. The van der Waals surface area contributed by atoms with Gasteiger partial charge in [-0.3, -0.25) is 0 Å². The summed E-state index contributed by atoms with van der Waals surface area (Å²) >= 11 is 0. The van der Waals surface area contributed by atoms with E-state index in [4.69, 9.17) is 9.84 Å². The van der Waals surface area contributed by atoms with Crippen LogP contribution in [0.4, 0.5) is 0 Å². The van der Waals surface area contributed by atoms with Gasteiger partial charge >= 0.3 is 11.9 Å². The van der Waals surface area contributed by atoms with E-state index in [1.807, 2.05) is 66.7 Å². The Hall–Kier alpha value is -3.40. The standard InChI is InChI=1S/C11H12O2.C8H8.C3H4O2/c1-9(2)11(12)13-8-10-6-4-3-5-7-10;1-2-8-6-4-3-5-7-8;1-2-3(4)5/h3-7H,1,8H2,2H3;2-7H,1H2;2H,1H2,(H,4,5). The van der Waals surface area contributed by atoms with E-state index in [0.717, 1.165) is 11.6 Å². The van der Waals surface area contributed by atoms with Gasteiger partial charge < -0.3 is 9.84 Å². The summed E-state index contributed by atoms with van der Waals surface area (Å²) in [6, 6.07) is 19.6. The van der Waals surface area contributed by atoms with Gasteiger partial charge in [-0.05, 0) is 18.1 Å². The van der Waals surface area contributed by atoms with E-state index in [-0.39, 0.29) is 5.97 Å². The first-order chi connectivity index (χ1) is 12.4. The number of aliphatic carboxylic acids is 1. The second-order valence-electron chi connectivity index (χ2n) is 5.00. The van der Waals surface area contributed by atoms with Crippen LogP contribution in [0.5, 0.6) is 0 Å². The molecule has 2 rings (SSSR count). The van der Waals surface area contributed by atoms with Crippen molar-refractivity contribution in [2.45, 2.75) is 13.5 Å². The predicted octanol–water partition coefficient (Wildman–Crippen LogP) is 4.89. The zero-order chi connectivity index (χ0) is 19.8. The summed E-state index contributed by atoms with van der Waals surface area (Å²) < 4.78 is 4.95. The average Bonchev–Trinajstić information content (AvgIpc) is 2.68. The maximum atomic E-state index is 11.0. The third kappa shape index (κ3) is 12.1. The second kappa shape index (κ2) is 14.0. The maximum Gasteiger partial charge on any atom is 0.333 e. The lowest BCUT2D eigenvalue weighted by atomic mass is 10.2. The molecule has 0 aliphatic carbocycles. The minimum atomic E-state index is -0.981. The molecule has 0 aliphatic rings. The Morgan fingerprint density at radius 1 is 1.00 bits per heavy atom. The van der Waals surface area contributed by atoms with Gasteiger partial charge in [-0.15, -0.1) is 0 Å². The molecule has 0 unspecified atom stereocenters. The van der Waals surface area contributed by atoms with Gasteiger partial charge in [0.05, 0.1) is 0 Å². The average molecular weight is 352 g/mol. The van der Waals surface area contributed by atoms with E-state index >= 15 is 0 Å². The summed E-state index contributed by atoms with van der Waals surface area (Å²) in [4.78, 5) is 20.2. The van der Waals surface area contributed by atoms with Gasteiger partial charge in [-0.2, -0.15) is 0 Å². The molecule has 0 aromatic heterocycles. The molecule has 0 saturated carbocycles. The lowest BCUT2D eigenvalue weighted by Gasteiger charge is -2.03. The van der Waals surface area contributed by atoms with Crippen LogP contribution in [0.25, 0.3) is 6.08 Å². The van der Waals surface area contributed by atoms with Crippen LogP contribution in [0, 0.1) is 0 Å². The molecule has 26 heavy (non-hydrogen) atoms. The summed E-state index contributed by atoms with van der Waals surface area (Å²) in [5, 5.41) is 7.60. The Morgan fingerprint density at radius 2 is 1.46 bits per heavy atom. The first kappa shape index (κ1) is 22.6. The third-order valence-corrected chi connectivity index (χ3v) is 2.77. The summed E-state index contributed by atoms with van der Waals surface area (Å²) in [5.41, 5.74) is 2.58. The van der Waals surface area contributed by atoms with Gasteiger partial charge in [-0.25, -0.2) is 9.59 Å². The maximum absolute atomic E-state index is 11.0. The lowest BCUT2D eigenvalue weighted by Crippen LogP contribution is -2.04. The molecule has 2 aromatic rings. The Bertz CT molecular complexity index is 703. The molecule has 0 spiro atoms. The topological polar surface area (TPSA) is 63.6 Å². The van der Waals surface area contributed by atoms with Crippen molar-refractivity contribution in [2.75, 3.05) is 0 Å². The van der Waals surface area contributed by atoms with Crippen LogP contribution in [-0.4, -0.2) is 17.0 Å². The number of benzene rings is 2. The molecule has 136 valence electrons. The molecule has 0 fully saturated rings. The quantitative estimate of drug-likeness (QED) is 0.614. The molecule has 2 aromatic carbocycles. The van der Waals surface area contributed by atoms with Crippen LogP contribution in [-0.2, 0) is 20.9 Å². The highest BCUT2D eigenvalue weighted by Gasteiger charge is 2.02. The van der Waals surface area contributed by atoms with Crippen LogP contribution < -0.4 is 0 Å². The number of rotatable bonds is 5. The second-order valence-corrected chi connectivity index (χ2v) is 5.00. The zero-order valence-electron chi connectivity index (χ0n) is 14.9. The molecule has 0 radical (unpaired) electrons. The molecule has 4 nitrogen and oxygen atoms in total. The first-order valence-corrected chi connectivity index (χ1v) is 7.80. The van der Waals surface area contributed by atoms with Crippen molar-refractivity contribution in [3.63, 3.8) is 0 Å². The van der Waals surface area contributed by atoms with Crippen molar-refractivity contribution < 1.29 is 19.4 Å². The molecule has 0 heterocycles. The number of hydrogen-bond acceptors (Lipinski definition) is 3. The number of carboxylic acid groups (broad SMARTS) is 1. The Morgan fingerprint density at radius 3 is 1.81 bits per heavy atom. The van der Waals surface area contributed by atoms with Gasteiger partial charge in [0.25, 0.3) is 0 Å². The summed E-state index contributed by atoms with van der Waals surface area (Å²) in [6.45, 7) is 12.0. The summed E-state index contributed by atoms with van der Waals surface area (Å²) in [7, 11) is 0. The van der Waals surface area contributed by atoms with E-state index in [0.29, 0.717) is 12.2 Å². The zero-order valence-corrected chi connectivity index (χ0v) is 14.9. The van der Waals surface area contributed by atoms with Crippen molar-refractivity contribution in [3.05, 3.63) is 103 Å². The van der Waals surface area contributed by atoms with E-state index < -0.39 is 5.97 Å². The largest absolute Gasteiger partial charge is 0.478 e. The smallest absolute Gasteiger partial charge is 0.333 e. The van der Waals surface area contributed by atoms with E-state index in [2.05, 4.69) is 19.7 Å². The van der Waals surface area contributed by atoms with Crippen molar-refractivity contribution >= 4 is 18.0 Å². The molecular weight excluding hydrogens is 328 g/mol. The Balaban J connectivity index is 0.000000409. The highest BCUT2D eigenvalue weighted by Crippen LogP contribution is 2.02. The van der Waals surface area contributed by atoms with Gasteiger partial charge in [0.1, 0.15) is 6.61 Å². The minimum absolute atomic E-state index is 0.312. The molecule has 4 heteroatoms. The SMILES string of the molecule is C=C(C)C(=O)OCc1ccccc1.C=CC(=O)O.C=Cc1ccccc1. The van der Waals surface area contributed by atoms with Gasteiger partial charge in [0, 0.05) is 11.6 Å². The van der Waals surface area contributed by atoms with Crippen LogP contribution in [0.1, 0.15) is 18.1 Å². The number of carbonyl (C=O) groups excluding carboxylic acids is 1. The fourth-order valence-corrected chi connectivity index (χ4v) is 1.44. The molecule has 0 amide bonds. The highest BCUT2D eigenvalue weighted by molar-refractivity contribution is 5.86. The summed E-state index contributed by atoms with van der Waals surface area (Å²) in [6.07, 6.45) is 2.67. The number of esters is 1. The first-order valence-electron chi connectivity index (χ1n) is 7.80. The van der Waals surface area contributed by atoms with Gasteiger partial charge in [-0.1, -0.05) is 86.5 Å². The molecule has 0 atom stereocenters. The monoisotopic (exact) mass is 352 g/mol. The van der Waals surface area contributed by atoms with Crippen LogP contribution >= 0.6 is 0 Å². The fraction of sp³-hybridized carbons (Fsp3) is 0.0909. The lowest BCUT2D eigenvalue weighted by molar-refractivity contribution is -0.140. The normalized spacial score (nSPS) is 8.50. The van der Waals surface area contributed by atoms with E-state index in [1.165, 1.54) is 5.56 Å². The molecule has 1 N–H and O–H groups in total. The Kier molecular flexibility index (Phi) is 12.2. The van der Waals surface area contributed by atoms with Gasteiger partial charge in [0.2, 0.25) is 0 Å². The van der Waals surface area contributed by atoms with Crippen molar-refractivity contribution in [2.24, 2.45) is 0 Å².